The number of carboxylic acid groups (broad SMARTS) is 1. The second-order valence-electron chi connectivity index (χ2n) is 4.07. The Balaban J connectivity index is 2.33. The number of aromatic carboxylic acids is 1. The molecule has 0 amide bonds. The first-order valence-electron chi connectivity index (χ1n) is 5.62. The van der Waals surface area contributed by atoms with Crippen LogP contribution in [0.25, 0.3) is 16.7 Å². The first-order valence-corrected chi connectivity index (χ1v) is 6.41. The van der Waals surface area contributed by atoms with E-state index in [4.69, 9.17) is 0 Å². The Morgan fingerprint density at radius 2 is 2.00 bits per heavy atom. The van der Waals surface area contributed by atoms with Crippen LogP contribution in [0.15, 0.2) is 53.3 Å². The topological polar surface area (TPSA) is 55.1 Å². The monoisotopic (exact) mass is 316 g/mol. The Bertz CT molecular complexity index is 780. The van der Waals surface area contributed by atoms with E-state index in [0.717, 1.165) is 10.2 Å². The van der Waals surface area contributed by atoms with E-state index in [1.807, 2.05) is 24.3 Å². The van der Waals surface area contributed by atoms with E-state index in [1.165, 1.54) is 0 Å². The van der Waals surface area contributed by atoms with Gasteiger partial charge in [0.2, 0.25) is 0 Å². The van der Waals surface area contributed by atoms with Crippen LogP contribution in [0.4, 0.5) is 0 Å². The molecule has 1 heterocycles. The fourth-order valence-corrected chi connectivity index (χ4v) is 2.45. The molecule has 0 spiro atoms. The van der Waals surface area contributed by atoms with Crippen molar-refractivity contribution in [1.82, 2.24) is 9.55 Å². The van der Waals surface area contributed by atoms with Crippen molar-refractivity contribution in [3.05, 3.63) is 58.8 Å². The number of carboxylic acids is 1. The SMILES string of the molecule is O=C(O)c1cccc2ncn(-c3cccc(Br)c3)c12. The number of nitrogens with zero attached hydrogens (tertiary/aromatic N) is 2. The zero-order valence-corrected chi connectivity index (χ0v) is 11.3. The van der Waals surface area contributed by atoms with Gasteiger partial charge in [-0.05, 0) is 30.3 Å². The normalized spacial score (nSPS) is 10.8. The van der Waals surface area contributed by atoms with Crippen LogP contribution in [0.3, 0.4) is 0 Å². The van der Waals surface area contributed by atoms with Crippen molar-refractivity contribution in [2.45, 2.75) is 0 Å². The summed E-state index contributed by atoms with van der Waals surface area (Å²) in [7, 11) is 0. The molecule has 0 fully saturated rings. The van der Waals surface area contributed by atoms with Crippen LogP contribution in [0.1, 0.15) is 10.4 Å². The third-order valence-corrected chi connectivity index (χ3v) is 3.38. The molecule has 1 N–H and O–H groups in total. The van der Waals surface area contributed by atoms with Gasteiger partial charge in [0, 0.05) is 10.2 Å². The van der Waals surface area contributed by atoms with Crippen LogP contribution < -0.4 is 0 Å². The van der Waals surface area contributed by atoms with Crippen molar-refractivity contribution in [3.8, 4) is 5.69 Å². The highest BCUT2D eigenvalue weighted by atomic mass is 79.9. The number of hydrogen-bond acceptors (Lipinski definition) is 2. The predicted octanol–water partition coefficient (Wildman–Crippen LogP) is 3.49. The van der Waals surface area contributed by atoms with Gasteiger partial charge in [-0.3, -0.25) is 4.57 Å². The molecule has 3 rings (SSSR count). The number of carbonyl (C=O) groups is 1. The van der Waals surface area contributed by atoms with Crippen LogP contribution >= 0.6 is 15.9 Å². The van der Waals surface area contributed by atoms with Gasteiger partial charge < -0.3 is 5.11 Å². The Labute approximate surface area is 117 Å². The van der Waals surface area contributed by atoms with Gasteiger partial charge in [-0.1, -0.05) is 28.1 Å². The van der Waals surface area contributed by atoms with Crippen LogP contribution in [-0.4, -0.2) is 20.6 Å². The summed E-state index contributed by atoms with van der Waals surface area (Å²) in [5, 5.41) is 9.28. The molecule has 0 bridgehead atoms. The minimum absolute atomic E-state index is 0.245. The van der Waals surface area contributed by atoms with Gasteiger partial charge in [-0.25, -0.2) is 9.78 Å². The average Bonchev–Trinajstić information content (AvgIpc) is 2.82. The van der Waals surface area contributed by atoms with Gasteiger partial charge in [-0.2, -0.15) is 0 Å². The van der Waals surface area contributed by atoms with E-state index in [2.05, 4.69) is 20.9 Å². The van der Waals surface area contributed by atoms with Gasteiger partial charge in [0.1, 0.15) is 6.33 Å². The molecule has 5 heteroatoms. The largest absolute Gasteiger partial charge is 0.478 e. The summed E-state index contributed by atoms with van der Waals surface area (Å²) in [6.45, 7) is 0. The molecule has 0 aliphatic carbocycles. The standard InChI is InChI=1S/C14H9BrN2O2/c15-9-3-1-4-10(7-9)17-8-16-12-6-2-5-11(13(12)17)14(18)19/h1-8H,(H,18,19). The van der Waals surface area contributed by atoms with E-state index in [9.17, 15) is 9.90 Å². The lowest BCUT2D eigenvalue weighted by Crippen LogP contribution is -2.01. The molecule has 0 aliphatic heterocycles. The zero-order chi connectivity index (χ0) is 13.4. The number of para-hydroxylation sites is 1. The van der Waals surface area contributed by atoms with E-state index >= 15 is 0 Å². The Kier molecular flexibility index (Phi) is 2.83. The quantitative estimate of drug-likeness (QED) is 0.787. The van der Waals surface area contributed by atoms with Gasteiger partial charge in [0.15, 0.2) is 0 Å². The molecule has 0 saturated carbocycles. The first kappa shape index (κ1) is 11.9. The molecule has 94 valence electrons. The lowest BCUT2D eigenvalue weighted by atomic mass is 10.2. The predicted molar refractivity (Wildman–Crippen MR) is 75.7 cm³/mol. The van der Waals surface area contributed by atoms with Crippen LogP contribution in [0, 0.1) is 0 Å². The number of fused-ring (bicyclic) bond motifs is 1. The molecule has 0 aliphatic rings. The van der Waals surface area contributed by atoms with Crippen molar-refractivity contribution in [2.75, 3.05) is 0 Å². The second-order valence-corrected chi connectivity index (χ2v) is 4.99. The van der Waals surface area contributed by atoms with E-state index in [1.54, 1.807) is 29.1 Å². The fraction of sp³-hybridized carbons (Fsp3) is 0. The highest BCUT2D eigenvalue weighted by Crippen LogP contribution is 2.23. The highest BCUT2D eigenvalue weighted by molar-refractivity contribution is 9.10. The van der Waals surface area contributed by atoms with E-state index in [0.29, 0.717) is 11.0 Å². The number of benzene rings is 2. The van der Waals surface area contributed by atoms with Gasteiger partial charge in [0.25, 0.3) is 0 Å². The van der Waals surface area contributed by atoms with Crippen molar-refractivity contribution >= 4 is 32.9 Å². The van der Waals surface area contributed by atoms with Gasteiger partial charge in [0.05, 0.1) is 16.6 Å². The van der Waals surface area contributed by atoms with Gasteiger partial charge >= 0.3 is 5.97 Å². The molecular formula is C14H9BrN2O2. The molecule has 0 radical (unpaired) electrons. The van der Waals surface area contributed by atoms with E-state index < -0.39 is 5.97 Å². The summed E-state index contributed by atoms with van der Waals surface area (Å²) >= 11 is 3.41. The van der Waals surface area contributed by atoms with E-state index in [-0.39, 0.29) is 5.56 Å². The summed E-state index contributed by atoms with van der Waals surface area (Å²) in [4.78, 5) is 15.6. The van der Waals surface area contributed by atoms with Crippen LogP contribution in [0.2, 0.25) is 0 Å². The smallest absolute Gasteiger partial charge is 0.337 e. The minimum Gasteiger partial charge on any atom is -0.478 e. The van der Waals surface area contributed by atoms with Crippen LogP contribution in [-0.2, 0) is 0 Å². The molecule has 3 aromatic rings. The first-order chi connectivity index (χ1) is 9.16. The lowest BCUT2D eigenvalue weighted by Gasteiger charge is -2.06. The van der Waals surface area contributed by atoms with Crippen molar-refractivity contribution in [2.24, 2.45) is 0 Å². The summed E-state index contributed by atoms with van der Waals surface area (Å²) in [6.07, 6.45) is 1.64. The number of hydrogen-bond donors (Lipinski definition) is 1. The zero-order valence-electron chi connectivity index (χ0n) is 9.75. The molecular weight excluding hydrogens is 308 g/mol. The summed E-state index contributed by atoms with van der Waals surface area (Å²) in [5.41, 5.74) is 2.38. The number of halogens is 1. The summed E-state index contributed by atoms with van der Waals surface area (Å²) in [5.74, 6) is -0.956. The molecule has 0 saturated heterocycles. The number of imidazole rings is 1. The highest BCUT2D eigenvalue weighted by Gasteiger charge is 2.14. The second kappa shape index (κ2) is 4.51. The molecule has 4 nitrogen and oxygen atoms in total. The minimum atomic E-state index is -0.956. The Hall–Kier alpha value is -2.14. The fourth-order valence-electron chi connectivity index (χ4n) is 2.06. The third-order valence-electron chi connectivity index (χ3n) is 2.88. The maximum atomic E-state index is 11.3. The Morgan fingerprint density at radius 3 is 2.74 bits per heavy atom. The summed E-state index contributed by atoms with van der Waals surface area (Å²) in [6, 6.07) is 12.7. The maximum Gasteiger partial charge on any atom is 0.337 e. The van der Waals surface area contributed by atoms with Crippen LogP contribution in [0.5, 0.6) is 0 Å². The summed E-state index contributed by atoms with van der Waals surface area (Å²) < 4.78 is 2.71. The number of aromatic nitrogens is 2. The molecule has 0 unspecified atom stereocenters. The lowest BCUT2D eigenvalue weighted by molar-refractivity contribution is 0.0698. The molecule has 2 aromatic carbocycles. The average molecular weight is 317 g/mol. The number of rotatable bonds is 2. The van der Waals surface area contributed by atoms with Crippen molar-refractivity contribution in [1.29, 1.82) is 0 Å². The molecule has 1 aromatic heterocycles. The Morgan fingerprint density at radius 1 is 1.21 bits per heavy atom. The third kappa shape index (κ3) is 2.02. The molecule has 19 heavy (non-hydrogen) atoms. The maximum absolute atomic E-state index is 11.3. The van der Waals surface area contributed by atoms with Crippen molar-refractivity contribution < 1.29 is 9.90 Å². The van der Waals surface area contributed by atoms with Gasteiger partial charge in [-0.15, -0.1) is 0 Å². The van der Waals surface area contributed by atoms with Crippen molar-refractivity contribution in [3.63, 3.8) is 0 Å². The molecule has 0 atom stereocenters.